The van der Waals surface area contributed by atoms with Crippen LogP contribution in [0.4, 0.5) is 11.4 Å². The maximum absolute atomic E-state index is 13.6. The van der Waals surface area contributed by atoms with Crippen LogP contribution in [0, 0.1) is 0 Å². The van der Waals surface area contributed by atoms with Crippen molar-refractivity contribution in [3.05, 3.63) is 53.6 Å². The average molecular weight is 516 g/mol. The van der Waals surface area contributed by atoms with Crippen molar-refractivity contribution in [3.63, 3.8) is 0 Å². The second kappa shape index (κ2) is 11.3. The van der Waals surface area contributed by atoms with Crippen molar-refractivity contribution in [1.29, 1.82) is 0 Å². The van der Waals surface area contributed by atoms with Crippen LogP contribution in [0.1, 0.15) is 6.42 Å². The number of hydrogen-bond donors (Lipinski definition) is 1. The van der Waals surface area contributed by atoms with E-state index in [1.54, 1.807) is 18.2 Å². The molecule has 0 radical (unpaired) electrons. The van der Waals surface area contributed by atoms with Crippen molar-refractivity contribution in [2.24, 2.45) is 0 Å². The van der Waals surface area contributed by atoms with Crippen molar-refractivity contribution in [1.82, 2.24) is 14.7 Å². The molecule has 2 aromatic carbocycles. The minimum absolute atomic E-state index is 0.00298. The van der Waals surface area contributed by atoms with E-state index < -0.39 is 6.04 Å². The molecule has 2 fully saturated rings. The quantitative estimate of drug-likeness (QED) is 0.542. The first-order chi connectivity index (χ1) is 16.9. The Bertz CT molecular complexity index is 1080. The molecule has 0 unspecified atom stereocenters. The summed E-state index contributed by atoms with van der Waals surface area (Å²) in [7, 11) is 3.65. The highest BCUT2D eigenvalue weighted by Crippen LogP contribution is 2.33. The standard InChI is InChI=1S/C25H30ClN5O3S/c1-28-10-12-29(13-11-28)14-15-30-21(17-23(32)27-18-6-4-3-5-7-18)24(33)31(25(30)35)19-8-9-22(34-2)20(26)16-19/h3-9,16,21H,10-15,17H2,1-2H3,(H,27,32)/t21-/m0/s1. The Morgan fingerprint density at radius 3 is 2.49 bits per heavy atom. The molecule has 0 saturated carbocycles. The zero-order valence-electron chi connectivity index (χ0n) is 19.9. The zero-order chi connectivity index (χ0) is 24.9. The van der Waals surface area contributed by atoms with Crippen LogP contribution < -0.4 is 15.0 Å². The van der Waals surface area contributed by atoms with E-state index in [0.717, 1.165) is 32.7 Å². The largest absolute Gasteiger partial charge is 0.495 e. The molecular weight excluding hydrogens is 486 g/mol. The van der Waals surface area contributed by atoms with Crippen LogP contribution >= 0.6 is 23.8 Å². The molecule has 0 bridgehead atoms. The SMILES string of the molecule is COc1ccc(N2C(=O)[C@H](CC(=O)Nc3ccccc3)N(CCN3CCN(C)CC3)C2=S)cc1Cl. The molecular formula is C25H30ClN5O3S. The third-order valence-corrected chi connectivity index (χ3v) is 7.11. The molecule has 0 aliphatic carbocycles. The number of carbonyl (C=O) groups is 2. The number of piperazine rings is 1. The van der Waals surface area contributed by atoms with Crippen molar-refractivity contribution in [2.45, 2.75) is 12.5 Å². The highest BCUT2D eigenvalue weighted by atomic mass is 35.5. The van der Waals surface area contributed by atoms with E-state index in [4.69, 9.17) is 28.6 Å². The van der Waals surface area contributed by atoms with Gasteiger partial charge in [-0.1, -0.05) is 29.8 Å². The van der Waals surface area contributed by atoms with Crippen molar-refractivity contribution < 1.29 is 14.3 Å². The summed E-state index contributed by atoms with van der Waals surface area (Å²) in [5.74, 6) is 0.0353. The fourth-order valence-corrected chi connectivity index (χ4v) is 5.01. The fraction of sp³-hybridized carbons (Fsp3) is 0.400. The summed E-state index contributed by atoms with van der Waals surface area (Å²) in [6.07, 6.45) is -0.00298. The number of ether oxygens (including phenoxy) is 1. The number of methoxy groups -OCH3 is 1. The lowest BCUT2D eigenvalue weighted by atomic mass is 10.1. The molecule has 2 heterocycles. The molecule has 0 aromatic heterocycles. The lowest BCUT2D eigenvalue weighted by molar-refractivity contribution is -0.124. The Morgan fingerprint density at radius 2 is 1.83 bits per heavy atom. The number of thiocarbonyl (C=S) groups is 1. The molecule has 8 nitrogen and oxygen atoms in total. The summed E-state index contributed by atoms with van der Waals surface area (Å²) in [6, 6.07) is 13.6. The topological polar surface area (TPSA) is 68.4 Å². The number of nitrogens with one attached hydrogen (secondary N) is 1. The van der Waals surface area contributed by atoms with Gasteiger partial charge in [0.25, 0.3) is 5.91 Å². The Kier molecular flexibility index (Phi) is 8.22. The van der Waals surface area contributed by atoms with Gasteiger partial charge < -0.3 is 19.9 Å². The number of anilines is 2. The summed E-state index contributed by atoms with van der Waals surface area (Å²) in [6.45, 7) is 5.24. The number of para-hydroxylation sites is 1. The summed E-state index contributed by atoms with van der Waals surface area (Å²) < 4.78 is 5.24. The van der Waals surface area contributed by atoms with E-state index in [2.05, 4.69) is 22.2 Å². The highest BCUT2D eigenvalue weighted by molar-refractivity contribution is 7.80. The molecule has 2 saturated heterocycles. The van der Waals surface area contributed by atoms with Crippen molar-refractivity contribution in [3.8, 4) is 5.75 Å². The van der Waals surface area contributed by atoms with Gasteiger partial charge in [0.05, 0.1) is 24.2 Å². The Balaban J connectivity index is 1.53. The van der Waals surface area contributed by atoms with Gasteiger partial charge in [-0.3, -0.25) is 19.4 Å². The van der Waals surface area contributed by atoms with Crippen LogP contribution in [0.2, 0.25) is 5.02 Å². The monoisotopic (exact) mass is 515 g/mol. The lowest BCUT2D eigenvalue weighted by Crippen LogP contribution is -2.48. The van der Waals surface area contributed by atoms with Crippen LogP contribution in [-0.4, -0.2) is 91.1 Å². The summed E-state index contributed by atoms with van der Waals surface area (Å²) >= 11 is 12.1. The smallest absolute Gasteiger partial charge is 0.256 e. The highest BCUT2D eigenvalue weighted by Gasteiger charge is 2.44. The number of rotatable bonds is 8. The number of hydrogen-bond acceptors (Lipinski definition) is 6. The number of carbonyl (C=O) groups excluding carboxylic acids is 2. The van der Waals surface area contributed by atoms with Gasteiger partial charge in [0, 0.05) is 45.0 Å². The molecule has 2 aromatic rings. The van der Waals surface area contributed by atoms with Crippen LogP contribution in [0.3, 0.4) is 0 Å². The van der Waals surface area contributed by atoms with E-state index in [1.165, 1.54) is 12.0 Å². The van der Waals surface area contributed by atoms with Gasteiger partial charge in [0.2, 0.25) is 5.91 Å². The predicted molar refractivity (Wildman–Crippen MR) is 142 cm³/mol. The van der Waals surface area contributed by atoms with Crippen molar-refractivity contribution in [2.75, 3.05) is 63.6 Å². The molecule has 0 spiro atoms. The minimum atomic E-state index is -0.695. The number of nitrogens with zero attached hydrogens (tertiary/aromatic N) is 4. The molecule has 2 aliphatic heterocycles. The summed E-state index contributed by atoms with van der Waals surface area (Å²) in [4.78, 5) is 34.5. The molecule has 2 amide bonds. The molecule has 10 heteroatoms. The van der Waals surface area contributed by atoms with E-state index in [1.807, 2.05) is 35.2 Å². The van der Waals surface area contributed by atoms with Crippen LogP contribution in [-0.2, 0) is 9.59 Å². The maximum atomic E-state index is 13.6. The Morgan fingerprint density at radius 1 is 1.11 bits per heavy atom. The van der Waals surface area contributed by atoms with Gasteiger partial charge >= 0.3 is 0 Å². The van der Waals surface area contributed by atoms with Gasteiger partial charge in [-0.2, -0.15) is 0 Å². The normalized spacial score (nSPS) is 19.3. The maximum Gasteiger partial charge on any atom is 0.256 e. The lowest BCUT2D eigenvalue weighted by Gasteiger charge is -2.34. The molecule has 35 heavy (non-hydrogen) atoms. The van der Waals surface area contributed by atoms with Gasteiger partial charge in [0.1, 0.15) is 11.8 Å². The Labute approximate surface area is 216 Å². The van der Waals surface area contributed by atoms with Gasteiger partial charge in [-0.15, -0.1) is 0 Å². The van der Waals surface area contributed by atoms with Crippen LogP contribution in [0.5, 0.6) is 5.75 Å². The first kappa shape index (κ1) is 25.4. The average Bonchev–Trinajstić information content (AvgIpc) is 3.07. The molecule has 186 valence electrons. The molecule has 4 rings (SSSR count). The van der Waals surface area contributed by atoms with Crippen molar-refractivity contribution >= 4 is 52.1 Å². The predicted octanol–water partition coefficient (Wildman–Crippen LogP) is 2.93. The second-order valence-electron chi connectivity index (χ2n) is 8.75. The minimum Gasteiger partial charge on any atom is -0.495 e. The first-order valence-corrected chi connectivity index (χ1v) is 12.4. The Hall–Kier alpha value is -2.72. The first-order valence-electron chi connectivity index (χ1n) is 11.6. The summed E-state index contributed by atoms with van der Waals surface area (Å²) in [5.41, 5.74) is 1.25. The number of halogens is 1. The number of benzene rings is 2. The zero-order valence-corrected chi connectivity index (χ0v) is 21.5. The number of amides is 2. The van der Waals surface area contributed by atoms with E-state index in [-0.39, 0.29) is 18.2 Å². The second-order valence-corrected chi connectivity index (χ2v) is 9.52. The summed E-state index contributed by atoms with van der Waals surface area (Å²) in [5, 5.41) is 3.64. The molecule has 1 atom stereocenters. The van der Waals surface area contributed by atoms with Crippen LogP contribution in [0.15, 0.2) is 48.5 Å². The van der Waals surface area contributed by atoms with Crippen LogP contribution in [0.25, 0.3) is 0 Å². The van der Waals surface area contributed by atoms with E-state index in [9.17, 15) is 9.59 Å². The number of likely N-dealkylation sites (N-methyl/N-ethyl adjacent to an activating group) is 1. The molecule has 2 aliphatic rings. The fourth-order valence-electron chi connectivity index (χ4n) is 4.35. The third-order valence-electron chi connectivity index (χ3n) is 6.40. The molecule has 1 N–H and O–H groups in total. The van der Waals surface area contributed by atoms with E-state index in [0.29, 0.717) is 33.8 Å². The van der Waals surface area contributed by atoms with Gasteiger partial charge in [0.15, 0.2) is 5.11 Å². The van der Waals surface area contributed by atoms with Gasteiger partial charge in [-0.05, 0) is 49.6 Å². The van der Waals surface area contributed by atoms with Gasteiger partial charge in [-0.25, -0.2) is 0 Å². The third kappa shape index (κ3) is 5.92. The van der Waals surface area contributed by atoms with E-state index >= 15 is 0 Å².